The van der Waals surface area contributed by atoms with E-state index >= 15 is 0 Å². The zero-order chi connectivity index (χ0) is 17.5. The topological polar surface area (TPSA) is 54.4 Å². The van der Waals surface area contributed by atoms with E-state index in [1.807, 2.05) is 32.0 Å². The minimum atomic E-state index is -1.31. The van der Waals surface area contributed by atoms with Gasteiger partial charge >= 0.3 is 5.97 Å². The summed E-state index contributed by atoms with van der Waals surface area (Å²) in [5, 5.41) is 9.76. The van der Waals surface area contributed by atoms with Crippen molar-refractivity contribution < 1.29 is 14.7 Å². The maximum atomic E-state index is 11.9. The summed E-state index contributed by atoms with van der Waals surface area (Å²) in [6, 6.07) is 5.95. The van der Waals surface area contributed by atoms with Crippen LogP contribution in [0.15, 0.2) is 18.2 Å². The quantitative estimate of drug-likeness (QED) is 0.501. The van der Waals surface area contributed by atoms with E-state index in [1.54, 1.807) is 0 Å². The molecule has 1 unspecified atom stereocenters. The highest BCUT2D eigenvalue weighted by atomic mass is 16.4. The molecule has 0 saturated heterocycles. The van der Waals surface area contributed by atoms with Crippen molar-refractivity contribution in [3.05, 3.63) is 34.9 Å². The zero-order valence-corrected chi connectivity index (χ0v) is 14.9. The maximum absolute atomic E-state index is 11.9. The van der Waals surface area contributed by atoms with Crippen molar-refractivity contribution in [3.8, 4) is 0 Å². The number of rotatable bonds is 10. The molecule has 0 saturated carbocycles. The predicted octanol–water partition coefficient (Wildman–Crippen LogP) is 4.72. The first-order valence-corrected chi connectivity index (χ1v) is 8.64. The van der Waals surface area contributed by atoms with Crippen molar-refractivity contribution in [1.82, 2.24) is 0 Å². The first-order chi connectivity index (χ1) is 10.9. The van der Waals surface area contributed by atoms with E-state index in [0.29, 0.717) is 12.7 Å². The molecule has 0 aromatic heterocycles. The van der Waals surface area contributed by atoms with E-state index < -0.39 is 11.4 Å². The van der Waals surface area contributed by atoms with Crippen molar-refractivity contribution in [2.45, 2.75) is 66.2 Å². The van der Waals surface area contributed by atoms with E-state index in [2.05, 4.69) is 13.8 Å². The van der Waals surface area contributed by atoms with Crippen LogP contribution in [-0.2, 0) is 16.0 Å². The van der Waals surface area contributed by atoms with Gasteiger partial charge in [-0.25, -0.2) is 0 Å². The van der Waals surface area contributed by atoms with Crippen molar-refractivity contribution >= 4 is 12.3 Å². The number of benzene rings is 1. The van der Waals surface area contributed by atoms with Gasteiger partial charge in [-0.05, 0) is 49.3 Å². The van der Waals surface area contributed by atoms with Crippen LogP contribution < -0.4 is 0 Å². The summed E-state index contributed by atoms with van der Waals surface area (Å²) in [6.07, 6.45) is 5.36. The van der Waals surface area contributed by atoms with Crippen molar-refractivity contribution in [2.24, 2.45) is 11.3 Å². The van der Waals surface area contributed by atoms with Gasteiger partial charge in [-0.3, -0.25) is 4.79 Å². The van der Waals surface area contributed by atoms with Gasteiger partial charge in [0.2, 0.25) is 0 Å². The van der Waals surface area contributed by atoms with Gasteiger partial charge in [0, 0.05) is 0 Å². The summed E-state index contributed by atoms with van der Waals surface area (Å²) in [5.41, 5.74) is 1.92. The molecule has 3 nitrogen and oxygen atoms in total. The highest BCUT2D eigenvalue weighted by molar-refractivity contribution is 5.92. The summed E-state index contributed by atoms with van der Waals surface area (Å²) in [5.74, 6) is -0.708. The van der Waals surface area contributed by atoms with Crippen molar-refractivity contribution in [2.75, 3.05) is 0 Å². The molecule has 23 heavy (non-hydrogen) atoms. The standard InChI is InChI=1S/C20H30O3/c1-5-7-17(8-6-2)12-20(14-21,19(22)23)13-18-10-9-15(3)16(4)11-18/h9-11,14,17H,5-8,12-13H2,1-4H3,(H,22,23). The van der Waals surface area contributed by atoms with Crippen LogP contribution in [0.1, 0.15) is 62.6 Å². The molecule has 0 bridgehead atoms. The minimum Gasteiger partial charge on any atom is -0.480 e. The lowest BCUT2D eigenvalue weighted by Crippen LogP contribution is -2.37. The molecular weight excluding hydrogens is 288 g/mol. The molecule has 1 aromatic carbocycles. The second-order valence-corrected chi connectivity index (χ2v) is 6.82. The maximum Gasteiger partial charge on any atom is 0.317 e. The van der Waals surface area contributed by atoms with Crippen molar-refractivity contribution in [3.63, 3.8) is 0 Å². The SMILES string of the molecule is CCCC(CCC)CC(C=O)(Cc1ccc(C)c(C)c1)C(=O)O. The third-order valence-electron chi connectivity index (χ3n) is 4.79. The lowest BCUT2D eigenvalue weighted by atomic mass is 9.73. The van der Waals surface area contributed by atoms with Gasteiger partial charge in [-0.2, -0.15) is 0 Å². The number of carbonyl (C=O) groups excluding carboxylic acids is 1. The van der Waals surface area contributed by atoms with Crippen LogP contribution in [-0.4, -0.2) is 17.4 Å². The molecule has 0 aliphatic heterocycles. The molecule has 0 amide bonds. The molecule has 0 fully saturated rings. The van der Waals surface area contributed by atoms with E-state index in [1.165, 1.54) is 5.56 Å². The van der Waals surface area contributed by atoms with Gasteiger partial charge in [0.15, 0.2) is 0 Å². The fraction of sp³-hybridized carbons (Fsp3) is 0.600. The third-order valence-corrected chi connectivity index (χ3v) is 4.79. The van der Waals surface area contributed by atoms with Gasteiger partial charge in [0.25, 0.3) is 0 Å². The number of aldehydes is 1. The molecule has 0 radical (unpaired) electrons. The Balaban J connectivity index is 3.07. The van der Waals surface area contributed by atoms with E-state index in [9.17, 15) is 14.7 Å². The van der Waals surface area contributed by atoms with Crippen LogP contribution in [0, 0.1) is 25.2 Å². The summed E-state index contributed by atoms with van der Waals surface area (Å²) in [7, 11) is 0. The first kappa shape index (κ1) is 19.4. The molecule has 1 atom stereocenters. The fourth-order valence-corrected chi connectivity index (χ4v) is 3.33. The molecule has 1 aromatic rings. The van der Waals surface area contributed by atoms with E-state index in [4.69, 9.17) is 0 Å². The second-order valence-electron chi connectivity index (χ2n) is 6.82. The zero-order valence-electron chi connectivity index (χ0n) is 14.9. The fourth-order valence-electron chi connectivity index (χ4n) is 3.33. The van der Waals surface area contributed by atoms with Crippen molar-refractivity contribution in [1.29, 1.82) is 0 Å². The summed E-state index contributed by atoms with van der Waals surface area (Å²) >= 11 is 0. The average molecular weight is 318 g/mol. The molecule has 0 heterocycles. The Hall–Kier alpha value is -1.64. The first-order valence-electron chi connectivity index (χ1n) is 8.64. The average Bonchev–Trinajstić information content (AvgIpc) is 2.50. The van der Waals surface area contributed by atoms with Gasteiger partial charge in [-0.1, -0.05) is 57.7 Å². The van der Waals surface area contributed by atoms with Crippen LogP contribution in [0.4, 0.5) is 0 Å². The predicted molar refractivity (Wildman–Crippen MR) is 93.7 cm³/mol. The number of aryl methyl sites for hydroxylation is 2. The molecule has 1 N–H and O–H groups in total. The van der Waals surface area contributed by atoms with E-state index in [0.717, 1.165) is 36.8 Å². The Kier molecular flexibility index (Phi) is 7.47. The van der Waals surface area contributed by atoms with Crippen LogP contribution >= 0.6 is 0 Å². The molecule has 1 rings (SSSR count). The van der Waals surface area contributed by atoms with Gasteiger partial charge in [0.1, 0.15) is 11.7 Å². The largest absolute Gasteiger partial charge is 0.480 e. The lowest BCUT2D eigenvalue weighted by Gasteiger charge is -2.28. The number of carboxylic acid groups (broad SMARTS) is 1. The Morgan fingerprint density at radius 3 is 2.22 bits per heavy atom. The minimum absolute atomic E-state index is 0.275. The number of carbonyl (C=O) groups is 2. The molecule has 0 aliphatic rings. The summed E-state index contributed by atoms with van der Waals surface area (Å²) in [6.45, 7) is 8.26. The Bertz CT molecular complexity index is 530. The normalized spacial score (nSPS) is 13.8. The highest BCUT2D eigenvalue weighted by Crippen LogP contribution is 2.34. The third kappa shape index (κ3) is 5.19. The molecule has 3 heteroatoms. The monoisotopic (exact) mass is 318 g/mol. The summed E-state index contributed by atoms with van der Waals surface area (Å²) in [4.78, 5) is 23.7. The molecule has 0 spiro atoms. The van der Waals surface area contributed by atoms with Crippen LogP contribution in [0.2, 0.25) is 0 Å². The second kappa shape index (κ2) is 8.85. The number of aliphatic carboxylic acids is 1. The number of carboxylic acids is 1. The van der Waals surface area contributed by atoms with Gasteiger partial charge < -0.3 is 9.90 Å². The number of hydrogen-bond acceptors (Lipinski definition) is 2. The summed E-state index contributed by atoms with van der Waals surface area (Å²) < 4.78 is 0. The van der Waals surface area contributed by atoms with Crippen LogP contribution in [0.3, 0.4) is 0 Å². The molecule has 128 valence electrons. The lowest BCUT2D eigenvalue weighted by molar-refractivity contribution is -0.152. The Morgan fingerprint density at radius 2 is 1.78 bits per heavy atom. The molecule has 0 aliphatic carbocycles. The Morgan fingerprint density at radius 1 is 1.17 bits per heavy atom. The highest BCUT2D eigenvalue weighted by Gasteiger charge is 2.40. The van der Waals surface area contributed by atoms with Crippen LogP contribution in [0.5, 0.6) is 0 Å². The van der Waals surface area contributed by atoms with Gasteiger partial charge in [-0.15, -0.1) is 0 Å². The number of hydrogen-bond donors (Lipinski definition) is 1. The smallest absolute Gasteiger partial charge is 0.317 e. The van der Waals surface area contributed by atoms with Crippen LogP contribution in [0.25, 0.3) is 0 Å². The Labute approximate surface area is 140 Å². The van der Waals surface area contributed by atoms with Gasteiger partial charge in [0.05, 0.1) is 0 Å². The van der Waals surface area contributed by atoms with E-state index in [-0.39, 0.29) is 12.3 Å². The molecular formula is C20H30O3.